The molecule has 2 heterocycles. The standard InChI is InChI=1S/C14H16F3N5O2S/c1-22(2)9-21-25(23,24)11-6-13(18,14(15,16)17)8-20-12(11)10-4-3-5-19-7-10/h3-5,7-9H,6,18H2,1-2H3. The van der Waals surface area contributed by atoms with Gasteiger partial charge in [-0.15, -0.1) is 4.40 Å². The van der Waals surface area contributed by atoms with Crippen molar-refractivity contribution in [2.24, 2.45) is 15.1 Å². The molecule has 136 valence electrons. The molecule has 0 amide bonds. The molecule has 0 aromatic carbocycles. The highest BCUT2D eigenvalue weighted by Gasteiger charge is 2.54. The Morgan fingerprint density at radius 3 is 2.60 bits per heavy atom. The Morgan fingerprint density at radius 2 is 2.08 bits per heavy atom. The number of aliphatic imine (C=N–C) groups is 1. The molecule has 0 bridgehead atoms. The van der Waals surface area contributed by atoms with Gasteiger partial charge in [-0.25, -0.2) is 0 Å². The molecule has 1 unspecified atom stereocenters. The smallest absolute Gasteiger partial charge is 0.368 e. The molecule has 0 radical (unpaired) electrons. The lowest BCUT2D eigenvalue weighted by Crippen LogP contribution is -2.56. The maximum Gasteiger partial charge on any atom is 0.411 e. The molecule has 2 N–H and O–H groups in total. The Bertz CT molecular complexity index is 832. The second kappa shape index (κ2) is 6.56. The highest BCUT2D eigenvalue weighted by Crippen LogP contribution is 2.40. The number of rotatable bonds is 4. The first kappa shape index (κ1) is 19.1. The first-order chi connectivity index (χ1) is 11.5. The molecule has 11 heteroatoms. The molecule has 0 saturated heterocycles. The van der Waals surface area contributed by atoms with Crippen molar-refractivity contribution in [3.05, 3.63) is 35.0 Å². The zero-order valence-corrected chi connectivity index (χ0v) is 14.2. The largest absolute Gasteiger partial charge is 0.411 e. The van der Waals surface area contributed by atoms with E-state index in [1.54, 1.807) is 0 Å². The number of hydrogen-bond acceptors (Lipinski definition) is 5. The lowest BCUT2D eigenvalue weighted by atomic mass is 9.93. The SMILES string of the molecule is CN(C)C=NS(=O)(=O)C1=C(c2cccnc2)N=CC(N)(C(F)(F)F)C1. The topological polar surface area (TPSA) is 101 Å². The molecular formula is C14H16F3N5O2S. The summed E-state index contributed by atoms with van der Waals surface area (Å²) < 4.78 is 68.1. The average Bonchev–Trinajstić information content (AvgIpc) is 2.53. The van der Waals surface area contributed by atoms with Crippen molar-refractivity contribution < 1.29 is 21.6 Å². The van der Waals surface area contributed by atoms with Crippen LogP contribution in [0, 0.1) is 0 Å². The molecule has 0 saturated carbocycles. The van der Waals surface area contributed by atoms with E-state index in [9.17, 15) is 21.6 Å². The zero-order valence-electron chi connectivity index (χ0n) is 13.4. The van der Waals surface area contributed by atoms with Crippen molar-refractivity contribution in [1.29, 1.82) is 0 Å². The van der Waals surface area contributed by atoms with Crippen LogP contribution in [0.25, 0.3) is 5.70 Å². The van der Waals surface area contributed by atoms with Crippen LogP contribution in [0.15, 0.2) is 38.8 Å². The Morgan fingerprint density at radius 1 is 1.40 bits per heavy atom. The fourth-order valence-electron chi connectivity index (χ4n) is 1.99. The fraction of sp³-hybridized carbons (Fsp3) is 0.357. The van der Waals surface area contributed by atoms with Gasteiger partial charge >= 0.3 is 6.18 Å². The van der Waals surface area contributed by atoms with Crippen LogP contribution in [0.1, 0.15) is 12.0 Å². The Hall–Kier alpha value is -2.27. The third-order valence-electron chi connectivity index (χ3n) is 3.33. The first-order valence-corrected chi connectivity index (χ1v) is 8.41. The second-order valence-electron chi connectivity index (χ2n) is 5.65. The molecule has 7 nitrogen and oxygen atoms in total. The number of alkyl halides is 3. The Kier molecular flexibility index (Phi) is 5.00. The highest BCUT2D eigenvalue weighted by molar-refractivity contribution is 7.94. The van der Waals surface area contributed by atoms with Crippen molar-refractivity contribution in [2.45, 2.75) is 18.1 Å². The van der Waals surface area contributed by atoms with Gasteiger partial charge in [0.1, 0.15) is 6.34 Å². The van der Waals surface area contributed by atoms with Crippen LogP contribution in [0.4, 0.5) is 13.2 Å². The predicted octanol–water partition coefficient (Wildman–Crippen LogP) is 1.40. The summed E-state index contributed by atoms with van der Waals surface area (Å²) in [6, 6.07) is 3.00. The third kappa shape index (κ3) is 4.04. The van der Waals surface area contributed by atoms with Gasteiger partial charge in [-0.2, -0.15) is 21.6 Å². The average molecular weight is 375 g/mol. The van der Waals surface area contributed by atoms with E-state index in [0.29, 0.717) is 6.21 Å². The molecule has 0 spiro atoms. The molecule has 0 aliphatic carbocycles. The summed E-state index contributed by atoms with van der Waals surface area (Å²) >= 11 is 0. The fourth-order valence-corrected chi connectivity index (χ4v) is 3.27. The van der Waals surface area contributed by atoms with Crippen LogP contribution < -0.4 is 5.73 Å². The summed E-state index contributed by atoms with van der Waals surface area (Å²) in [6.45, 7) is 0. The lowest BCUT2D eigenvalue weighted by molar-refractivity contribution is -0.163. The molecule has 1 aromatic heterocycles. The highest BCUT2D eigenvalue weighted by atomic mass is 32.2. The van der Waals surface area contributed by atoms with Crippen molar-refractivity contribution in [2.75, 3.05) is 14.1 Å². The lowest BCUT2D eigenvalue weighted by Gasteiger charge is -2.31. The molecular weight excluding hydrogens is 359 g/mol. The van der Waals surface area contributed by atoms with E-state index in [2.05, 4.69) is 14.4 Å². The number of aromatic nitrogens is 1. The van der Waals surface area contributed by atoms with Gasteiger partial charge in [0.25, 0.3) is 10.0 Å². The van der Waals surface area contributed by atoms with Crippen LogP contribution >= 0.6 is 0 Å². The van der Waals surface area contributed by atoms with Crippen molar-refractivity contribution in [3.63, 3.8) is 0 Å². The van der Waals surface area contributed by atoms with E-state index in [1.165, 1.54) is 43.5 Å². The van der Waals surface area contributed by atoms with Crippen LogP contribution in [0.5, 0.6) is 0 Å². The summed E-state index contributed by atoms with van der Waals surface area (Å²) in [4.78, 5) is 8.26. The molecule has 25 heavy (non-hydrogen) atoms. The first-order valence-electron chi connectivity index (χ1n) is 6.97. The van der Waals surface area contributed by atoms with E-state index in [-0.39, 0.29) is 11.3 Å². The van der Waals surface area contributed by atoms with Gasteiger partial charge in [0, 0.05) is 44.7 Å². The van der Waals surface area contributed by atoms with E-state index in [4.69, 9.17) is 5.73 Å². The van der Waals surface area contributed by atoms with Gasteiger partial charge in [-0.3, -0.25) is 9.98 Å². The predicted molar refractivity (Wildman–Crippen MR) is 88.3 cm³/mol. The number of nitrogens with zero attached hydrogens (tertiary/aromatic N) is 4. The maximum atomic E-state index is 13.2. The number of sulfonamides is 1. The molecule has 1 aliphatic heterocycles. The summed E-state index contributed by atoms with van der Waals surface area (Å²) in [7, 11) is -1.37. The Balaban J connectivity index is 2.64. The Labute approximate surface area is 142 Å². The van der Waals surface area contributed by atoms with E-state index in [0.717, 1.165) is 6.34 Å². The van der Waals surface area contributed by atoms with E-state index >= 15 is 0 Å². The maximum absolute atomic E-state index is 13.2. The molecule has 2 rings (SSSR count). The van der Waals surface area contributed by atoms with Crippen molar-refractivity contribution >= 4 is 28.3 Å². The monoisotopic (exact) mass is 375 g/mol. The number of hydrogen-bond donors (Lipinski definition) is 1. The number of pyridine rings is 1. The summed E-state index contributed by atoms with van der Waals surface area (Å²) in [5, 5.41) is 0. The summed E-state index contributed by atoms with van der Waals surface area (Å²) in [5.74, 6) is 0. The minimum Gasteiger partial charge on any atom is -0.368 e. The van der Waals surface area contributed by atoms with Gasteiger partial charge in [0.15, 0.2) is 5.54 Å². The van der Waals surface area contributed by atoms with Crippen LogP contribution in [-0.4, -0.2) is 56.7 Å². The number of halogens is 3. The van der Waals surface area contributed by atoms with Gasteiger partial charge in [0.2, 0.25) is 0 Å². The van der Waals surface area contributed by atoms with Gasteiger partial charge < -0.3 is 10.6 Å². The second-order valence-corrected chi connectivity index (χ2v) is 7.30. The zero-order chi connectivity index (χ0) is 18.9. The van der Waals surface area contributed by atoms with Gasteiger partial charge in [-0.05, 0) is 12.1 Å². The van der Waals surface area contributed by atoms with Crippen LogP contribution in [-0.2, 0) is 10.0 Å². The minimum absolute atomic E-state index is 0.158. The van der Waals surface area contributed by atoms with Crippen molar-refractivity contribution in [1.82, 2.24) is 9.88 Å². The minimum atomic E-state index is -4.87. The van der Waals surface area contributed by atoms with Crippen LogP contribution in [0.2, 0.25) is 0 Å². The van der Waals surface area contributed by atoms with E-state index in [1.807, 2.05) is 0 Å². The van der Waals surface area contributed by atoms with E-state index < -0.39 is 33.1 Å². The van der Waals surface area contributed by atoms with Gasteiger partial charge in [-0.1, -0.05) is 0 Å². The summed E-state index contributed by atoms with van der Waals surface area (Å²) in [5.41, 5.74) is 2.57. The summed E-state index contributed by atoms with van der Waals surface area (Å²) in [6.07, 6.45) is -1.63. The van der Waals surface area contributed by atoms with Crippen molar-refractivity contribution in [3.8, 4) is 0 Å². The number of nitrogens with two attached hydrogens (primary N) is 1. The van der Waals surface area contributed by atoms with Gasteiger partial charge in [0.05, 0.1) is 10.6 Å². The normalized spacial score (nSPS) is 21.8. The molecule has 0 fully saturated rings. The molecule has 1 atom stereocenters. The molecule has 1 aromatic rings. The van der Waals surface area contributed by atoms with Crippen LogP contribution in [0.3, 0.4) is 0 Å². The molecule has 1 aliphatic rings. The third-order valence-corrected chi connectivity index (χ3v) is 4.66. The quantitative estimate of drug-likeness (QED) is 0.633.